The van der Waals surface area contributed by atoms with E-state index < -0.39 is 0 Å². The van der Waals surface area contributed by atoms with Crippen LogP contribution in [0.3, 0.4) is 0 Å². The van der Waals surface area contributed by atoms with Gasteiger partial charge >= 0.3 is 0 Å². The molecule has 0 aromatic carbocycles. The van der Waals surface area contributed by atoms with E-state index in [2.05, 4.69) is 5.32 Å². The van der Waals surface area contributed by atoms with Gasteiger partial charge in [0.25, 0.3) is 0 Å². The number of halogens is 1. The quantitative estimate of drug-likeness (QED) is 0.793. The molecule has 1 N–H and O–H groups in total. The summed E-state index contributed by atoms with van der Waals surface area (Å²) in [5.41, 5.74) is -0.324. The summed E-state index contributed by atoms with van der Waals surface area (Å²) < 4.78 is 0. The maximum absolute atomic E-state index is 11.5. The second-order valence-electron chi connectivity index (χ2n) is 3.82. The zero-order valence-electron chi connectivity index (χ0n) is 8.34. The van der Waals surface area contributed by atoms with Crippen LogP contribution < -0.4 is 5.32 Å². The van der Waals surface area contributed by atoms with Gasteiger partial charge in [0, 0.05) is 16.3 Å². The second kappa shape index (κ2) is 4.80. The molecule has 4 heteroatoms. The Bertz CT molecular complexity index is 295. The predicted molar refractivity (Wildman–Crippen MR) is 61.0 cm³/mol. The fourth-order valence-corrected chi connectivity index (χ4v) is 1.80. The van der Waals surface area contributed by atoms with E-state index in [1.807, 2.05) is 31.4 Å². The van der Waals surface area contributed by atoms with Gasteiger partial charge in [0.1, 0.15) is 0 Å². The van der Waals surface area contributed by atoms with Crippen LogP contribution in [0.15, 0.2) is 17.5 Å². The van der Waals surface area contributed by atoms with Gasteiger partial charge in [-0.05, 0) is 25.3 Å². The molecule has 0 atom stereocenters. The summed E-state index contributed by atoms with van der Waals surface area (Å²) in [7, 11) is 0. The summed E-state index contributed by atoms with van der Waals surface area (Å²) >= 11 is 7.30. The Morgan fingerprint density at radius 2 is 2.36 bits per heavy atom. The zero-order chi connectivity index (χ0) is 10.6. The highest BCUT2D eigenvalue weighted by Crippen LogP contribution is 2.10. The molecule has 1 amide bonds. The van der Waals surface area contributed by atoms with Crippen molar-refractivity contribution in [1.82, 2.24) is 5.32 Å². The Hall–Kier alpha value is -0.540. The van der Waals surface area contributed by atoms with Crippen LogP contribution in [-0.2, 0) is 11.2 Å². The first kappa shape index (κ1) is 11.5. The van der Waals surface area contributed by atoms with Crippen LogP contribution >= 0.6 is 22.9 Å². The average Bonchev–Trinajstić information content (AvgIpc) is 2.55. The third-order valence-electron chi connectivity index (χ3n) is 1.73. The summed E-state index contributed by atoms with van der Waals surface area (Å²) in [4.78, 5) is 12.6. The van der Waals surface area contributed by atoms with Crippen molar-refractivity contribution in [3.05, 3.63) is 22.4 Å². The molecule has 1 aromatic rings. The third kappa shape index (κ3) is 3.68. The molecule has 1 rings (SSSR count). The van der Waals surface area contributed by atoms with E-state index in [0.29, 0.717) is 12.3 Å². The lowest BCUT2D eigenvalue weighted by atomic mass is 10.1. The van der Waals surface area contributed by atoms with Crippen molar-refractivity contribution < 1.29 is 4.79 Å². The van der Waals surface area contributed by atoms with Gasteiger partial charge in [-0.3, -0.25) is 4.79 Å². The topological polar surface area (TPSA) is 29.1 Å². The minimum atomic E-state index is -0.324. The number of hydrogen-bond acceptors (Lipinski definition) is 2. The molecule has 0 unspecified atom stereocenters. The standard InChI is InChI=1S/C10H14ClNOS/c1-10(2,7-11)12-9(13)6-8-4-3-5-14-8/h3-5H,6-7H2,1-2H3,(H,12,13). The molecule has 0 saturated heterocycles. The van der Waals surface area contributed by atoms with E-state index in [-0.39, 0.29) is 11.4 Å². The van der Waals surface area contributed by atoms with E-state index in [9.17, 15) is 4.79 Å². The molecule has 0 saturated carbocycles. The average molecular weight is 232 g/mol. The van der Waals surface area contributed by atoms with Crippen molar-refractivity contribution in [3.8, 4) is 0 Å². The van der Waals surface area contributed by atoms with Crippen molar-refractivity contribution in [2.75, 3.05) is 5.88 Å². The largest absolute Gasteiger partial charge is 0.350 e. The molecule has 0 radical (unpaired) electrons. The Kier molecular flexibility index (Phi) is 3.96. The smallest absolute Gasteiger partial charge is 0.225 e. The SMILES string of the molecule is CC(C)(CCl)NC(=O)Cc1cccs1. The Balaban J connectivity index is 2.44. The number of alkyl halides is 1. The molecular weight excluding hydrogens is 218 g/mol. The fraction of sp³-hybridized carbons (Fsp3) is 0.500. The molecule has 1 heterocycles. The van der Waals surface area contributed by atoms with E-state index in [0.717, 1.165) is 4.88 Å². The predicted octanol–water partition coefficient (Wildman–Crippen LogP) is 2.42. The van der Waals surface area contributed by atoms with Gasteiger partial charge in [-0.1, -0.05) is 6.07 Å². The number of rotatable bonds is 4. The van der Waals surface area contributed by atoms with Crippen LogP contribution in [0, 0.1) is 0 Å². The van der Waals surface area contributed by atoms with E-state index >= 15 is 0 Å². The van der Waals surface area contributed by atoms with Gasteiger partial charge in [-0.25, -0.2) is 0 Å². The highest BCUT2D eigenvalue weighted by atomic mass is 35.5. The van der Waals surface area contributed by atoms with Gasteiger partial charge < -0.3 is 5.32 Å². The van der Waals surface area contributed by atoms with Crippen LogP contribution in [0.2, 0.25) is 0 Å². The summed E-state index contributed by atoms with van der Waals surface area (Å²) in [5.74, 6) is 0.446. The first-order valence-corrected chi connectivity index (χ1v) is 5.84. The van der Waals surface area contributed by atoms with Gasteiger partial charge in [-0.2, -0.15) is 0 Å². The molecule has 0 aliphatic heterocycles. The summed E-state index contributed by atoms with van der Waals surface area (Å²) in [6, 6.07) is 3.90. The van der Waals surface area contributed by atoms with Crippen LogP contribution in [0.1, 0.15) is 18.7 Å². The molecular formula is C10H14ClNOS. The highest BCUT2D eigenvalue weighted by molar-refractivity contribution is 7.10. The van der Waals surface area contributed by atoms with E-state index in [4.69, 9.17) is 11.6 Å². The fourth-order valence-electron chi connectivity index (χ4n) is 1.03. The van der Waals surface area contributed by atoms with Crippen molar-refractivity contribution in [3.63, 3.8) is 0 Å². The first-order chi connectivity index (χ1) is 6.53. The van der Waals surface area contributed by atoms with Crippen LogP contribution in [0.5, 0.6) is 0 Å². The molecule has 1 aromatic heterocycles. The number of carbonyl (C=O) groups excluding carboxylic acids is 1. The highest BCUT2D eigenvalue weighted by Gasteiger charge is 2.18. The van der Waals surface area contributed by atoms with Gasteiger partial charge in [0.05, 0.1) is 6.42 Å². The molecule has 0 spiro atoms. The van der Waals surface area contributed by atoms with Crippen molar-refractivity contribution in [2.45, 2.75) is 25.8 Å². The van der Waals surface area contributed by atoms with Gasteiger partial charge in [-0.15, -0.1) is 22.9 Å². The minimum Gasteiger partial charge on any atom is -0.350 e. The number of thiophene rings is 1. The van der Waals surface area contributed by atoms with Crippen molar-refractivity contribution in [1.29, 1.82) is 0 Å². The Morgan fingerprint density at radius 1 is 1.64 bits per heavy atom. The van der Waals surface area contributed by atoms with Crippen molar-refractivity contribution >= 4 is 28.8 Å². The van der Waals surface area contributed by atoms with E-state index in [1.165, 1.54) is 0 Å². The molecule has 0 bridgehead atoms. The maximum Gasteiger partial charge on any atom is 0.225 e. The van der Waals surface area contributed by atoms with Gasteiger partial charge in [0.2, 0.25) is 5.91 Å². The Labute approximate surface area is 93.3 Å². The molecule has 2 nitrogen and oxygen atoms in total. The van der Waals surface area contributed by atoms with Crippen molar-refractivity contribution in [2.24, 2.45) is 0 Å². The molecule has 0 aliphatic rings. The maximum atomic E-state index is 11.5. The summed E-state index contributed by atoms with van der Waals surface area (Å²) in [6.07, 6.45) is 0.442. The lowest BCUT2D eigenvalue weighted by molar-refractivity contribution is -0.121. The normalized spacial score (nSPS) is 11.4. The number of amides is 1. The van der Waals surface area contributed by atoms with Crippen LogP contribution in [0.4, 0.5) is 0 Å². The second-order valence-corrected chi connectivity index (χ2v) is 5.12. The number of hydrogen-bond donors (Lipinski definition) is 1. The van der Waals surface area contributed by atoms with Gasteiger partial charge in [0.15, 0.2) is 0 Å². The van der Waals surface area contributed by atoms with E-state index in [1.54, 1.807) is 11.3 Å². The molecule has 78 valence electrons. The lowest BCUT2D eigenvalue weighted by Crippen LogP contribution is -2.45. The Morgan fingerprint density at radius 3 is 2.86 bits per heavy atom. The number of carbonyl (C=O) groups is 1. The lowest BCUT2D eigenvalue weighted by Gasteiger charge is -2.23. The van der Waals surface area contributed by atoms with Crippen LogP contribution in [0.25, 0.3) is 0 Å². The van der Waals surface area contributed by atoms with Crippen LogP contribution in [-0.4, -0.2) is 17.3 Å². The molecule has 14 heavy (non-hydrogen) atoms. The summed E-state index contributed by atoms with van der Waals surface area (Å²) in [5, 5.41) is 4.85. The third-order valence-corrected chi connectivity index (χ3v) is 3.27. The molecule has 0 fully saturated rings. The summed E-state index contributed by atoms with van der Waals surface area (Å²) in [6.45, 7) is 3.82. The monoisotopic (exact) mass is 231 g/mol. The molecule has 0 aliphatic carbocycles. The number of nitrogens with one attached hydrogen (secondary N) is 1. The zero-order valence-corrected chi connectivity index (χ0v) is 9.91. The minimum absolute atomic E-state index is 0.0260. The first-order valence-electron chi connectivity index (χ1n) is 4.43.